The summed E-state index contributed by atoms with van der Waals surface area (Å²) in [5, 5.41) is 0. The zero-order valence-electron chi connectivity index (χ0n) is 12.5. The minimum absolute atomic E-state index is 0.193. The topological polar surface area (TPSA) is 72.0 Å². The molecule has 2 heterocycles. The molecule has 5 nitrogen and oxygen atoms in total. The maximum atomic E-state index is 12.4. The van der Waals surface area contributed by atoms with Gasteiger partial charge < -0.3 is 0 Å². The first-order chi connectivity index (χ1) is 11.0. The second-order valence-corrected chi connectivity index (χ2v) is 6.71. The molecule has 0 unspecified atom stereocenters. The molecular weight excluding hydrogens is 310 g/mol. The van der Waals surface area contributed by atoms with E-state index in [0.29, 0.717) is 5.82 Å². The lowest BCUT2D eigenvalue weighted by molar-refractivity contribution is 0.601. The van der Waals surface area contributed by atoms with Crippen LogP contribution < -0.4 is 4.72 Å². The third kappa shape index (κ3) is 3.54. The number of sulfonamides is 1. The Balaban J connectivity index is 1.86. The van der Waals surface area contributed by atoms with Gasteiger partial charge in [0, 0.05) is 18.1 Å². The summed E-state index contributed by atoms with van der Waals surface area (Å²) in [6.45, 7) is 1.81. The molecule has 0 aliphatic heterocycles. The number of aromatic nitrogens is 2. The first-order valence-corrected chi connectivity index (χ1v) is 8.50. The van der Waals surface area contributed by atoms with Crippen LogP contribution in [0.5, 0.6) is 0 Å². The molecule has 0 aliphatic rings. The summed E-state index contributed by atoms with van der Waals surface area (Å²) in [6, 6.07) is 15.6. The van der Waals surface area contributed by atoms with E-state index >= 15 is 0 Å². The second-order valence-electron chi connectivity index (χ2n) is 5.03. The van der Waals surface area contributed by atoms with Gasteiger partial charge >= 0.3 is 0 Å². The number of rotatable bonds is 4. The summed E-state index contributed by atoms with van der Waals surface area (Å²) < 4.78 is 27.3. The van der Waals surface area contributed by atoms with Crippen molar-refractivity contribution in [2.24, 2.45) is 0 Å². The predicted octanol–water partition coefficient (Wildman–Crippen LogP) is 3.25. The van der Waals surface area contributed by atoms with E-state index in [1.807, 2.05) is 12.1 Å². The first kappa shape index (κ1) is 15.2. The molecule has 0 saturated heterocycles. The van der Waals surface area contributed by atoms with Gasteiger partial charge in [-0.2, -0.15) is 0 Å². The Bertz CT molecular complexity index is 908. The number of hydrogen-bond acceptors (Lipinski definition) is 4. The van der Waals surface area contributed by atoms with Gasteiger partial charge in [-0.25, -0.2) is 13.4 Å². The van der Waals surface area contributed by atoms with Crippen LogP contribution in [0.1, 0.15) is 5.69 Å². The Kier molecular flexibility index (Phi) is 4.08. The van der Waals surface area contributed by atoms with Crippen molar-refractivity contribution in [3.63, 3.8) is 0 Å². The molecule has 0 atom stereocenters. The highest BCUT2D eigenvalue weighted by molar-refractivity contribution is 7.92. The van der Waals surface area contributed by atoms with Crippen LogP contribution in [0.15, 0.2) is 71.9 Å². The standard InChI is InChI=1S/C17H15N3O2S/c1-13-3-2-4-17(19-13)20-23(21,22)16-7-5-14(6-8-16)15-9-11-18-12-10-15/h2-12H,1H3,(H,19,20). The number of nitrogens with zero attached hydrogens (tertiary/aromatic N) is 2. The van der Waals surface area contributed by atoms with Crippen molar-refractivity contribution in [2.45, 2.75) is 11.8 Å². The average molecular weight is 325 g/mol. The van der Waals surface area contributed by atoms with Gasteiger partial charge in [0.25, 0.3) is 10.0 Å². The molecule has 1 aromatic carbocycles. The van der Waals surface area contributed by atoms with E-state index < -0.39 is 10.0 Å². The van der Waals surface area contributed by atoms with E-state index in [9.17, 15) is 8.42 Å². The maximum Gasteiger partial charge on any atom is 0.263 e. The van der Waals surface area contributed by atoms with Crippen molar-refractivity contribution in [1.82, 2.24) is 9.97 Å². The van der Waals surface area contributed by atoms with Crippen LogP contribution in [0.25, 0.3) is 11.1 Å². The van der Waals surface area contributed by atoms with Crippen LogP contribution in [0.4, 0.5) is 5.82 Å². The number of pyridine rings is 2. The Morgan fingerprint density at radius 2 is 1.52 bits per heavy atom. The number of hydrogen-bond donors (Lipinski definition) is 1. The van der Waals surface area contributed by atoms with Crippen molar-refractivity contribution in [1.29, 1.82) is 0 Å². The fourth-order valence-corrected chi connectivity index (χ4v) is 3.17. The van der Waals surface area contributed by atoms with Gasteiger partial charge in [-0.3, -0.25) is 9.71 Å². The lowest BCUT2D eigenvalue weighted by Gasteiger charge is -2.08. The molecule has 0 radical (unpaired) electrons. The summed E-state index contributed by atoms with van der Waals surface area (Å²) in [5.41, 5.74) is 2.66. The molecule has 0 fully saturated rings. The van der Waals surface area contributed by atoms with E-state index in [2.05, 4.69) is 14.7 Å². The fraction of sp³-hybridized carbons (Fsp3) is 0.0588. The molecule has 2 aromatic heterocycles. The summed E-state index contributed by atoms with van der Waals surface area (Å²) in [7, 11) is -3.65. The molecule has 23 heavy (non-hydrogen) atoms. The normalized spacial score (nSPS) is 11.2. The van der Waals surface area contributed by atoms with Gasteiger partial charge in [0.05, 0.1) is 4.90 Å². The summed E-state index contributed by atoms with van der Waals surface area (Å²) >= 11 is 0. The summed E-state index contributed by atoms with van der Waals surface area (Å²) in [5.74, 6) is 0.309. The van der Waals surface area contributed by atoms with Crippen molar-refractivity contribution in [3.8, 4) is 11.1 Å². The number of anilines is 1. The zero-order chi connectivity index (χ0) is 16.3. The van der Waals surface area contributed by atoms with Crippen LogP contribution in [-0.4, -0.2) is 18.4 Å². The third-order valence-electron chi connectivity index (χ3n) is 3.31. The molecule has 0 aliphatic carbocycles. The van der Waals surface area contributed by atoms with Gasteiger partial charge in [0.1, 0.15) is 5.82 Å². The SMILES string of the molecule is Cc1cccc(NS(=O)(=O)c2ccc(-c3ccncc3)cc2)n1. The smallest absolute Gasteiger partial charge is 0.263 e. The number of aryl methyl sites for hydroxylation is 1. The van der Waals surface area contributed by atoms with E-state index in [4.69, 9.17) is 0 Å². The second kappa shape index (κ2) is 6.18. The summed E-state index contributed by atoms with van der Waals surface area (Å²) in [6.07, 6.45) is 3.40. The minimum atomic E-state index is -3.65. The van der Waals surface area contributed by atoms with Crippen LogP contribution in [-0.2, 0) is 10.0 Å². The van der Waals surface area contributed by atoms with Crippen molar-refractivity contribution in [2.75, 3.05) is 4.72 Å². The van der Waals surface area contributed by atoms with E-state index in [-0.39, 0.29) is 4.90 Å². The quantitative estimate of drug-likeness (QED) is 0.799. The first-order valence-electron chi connectivity index (χ1n) is 7.01. The van der Waals surface area contributed by atoms with Crippen molar-refractivity contribution >= 4 is 15.8 Å². The molecule has 0 saturated carbocycles. The highest BCUT2D eigenvalue weighted by Gasteiger charge is 2.14. The van der Waals surface area contributed by atoms with Gasteiger partial charge in [0.15, 0.2) is 0 Å². The van der Waals surface area contributed by atoms with Crippen molar-refractivity contribution in [3.05, 3.63) is 72.7 Å². The highest BCUT2D eigenvalue weighted by Crippen LogP contribution is 2.21. The predicted molar refractivity (Wildman–Crippen MR) is 89.5 cm³/mol. The Morgan fingerprint density at radius 3 is 2.17 bits per heavy atom. The Labute approximate surface area is 135 Å². The molecular formula is C17H15N3O2S. The average Bonchev–Trinajstić information content (AvgIpc) is 2.55. The molecule has 116 valence electrons. The van der Waals surface area contributed by atoms with Crippen molar-refractivity contribution < 1.29 is 8.42 Å². The number of benzene rings is 1. The van der Waals surface area contributed by atoms with Gasteiger partial charge in [-0.1, -0.05) is 18.2 Å². The molecule has 0 amide bonds. The lowest BCUT2D eigenvalue weighted by Crippen LogP contribution is -2.14. The monoisotopic (exact) mass is 325 g/mol. The largest absolute Gasteiger partial charge is 0.265 e. The zero-order valence-corrected chi connectivity index (χ0v) is 13.3. The van der Waals surface area contributed by atoms with Crippen LogP contribution in [0.2, 0.25) is 0 Å². The molecule has 1 N–H and O–H groups in total. The lowest BCUT2D eigenvalue weighted by atomic mass is 10.1. The Morgan fingerprint density at radius 1 is 0.870 bits per heavy atom. The van der Waals surface area contributed by atoms with Gasteiger partial charge in [-0.05, 0) is 54.4 Å². The fourth-order valence-electron chi connectivity index (χ4n) is 2.17. The van der Waals surface area contributed by atoms with E-state index in [0.717, 1.165) is 16.8 Å². The van der Waals surface area contributed by atoms with E-state index in [1.54, 1.807) is 61.8 Å². The van der Waals surface area contributed by atoms with E-state index in [1.165, 1.54) is 0 Å². The molecule has 3 aromatic rings. The molecule has 3 rings (SSSR count). The highest BCUT2D eigenvalue weighted by atomic mass is 32.2. The molecule has 0 bridgehead atoms. The Hall–Kier alpha value is -2.73. The third-order valence-corrected chi connectivity index (χ3v) is 4.68. The molecule has 6 heteroatoms. The van der Waals surface area contributed by atoms with Crippen LogP contribution in [0.3, 0.4) is 0 Å². The van der Waals surface area contributed by atoms with Gasteiger partial charge in [0.2, 0.25) is 0 Å². The maximum absolute atomic E-state index is 12.4. The van der Waals surface area contributed by atoms with Crippen LogP contribution in [0, 0.1) is 6.92 Å². The molecule has 0 spiro atoms. The van der Waals surface area contributed by atoms with Crippen LogP contribution >= 0.6 is 0 Å². The minimum Gasteiger partial charge on any atom is -0.265 e. The van der Waals surface area contributed by atoms with Gasteiger partial charge in [-0.15, -0.1) is 0 Å². The number of nitrogens with one attached hydrogen (secondary N) is 1. The summed E-state index contributed by atoms with van der Waals surface area (Å²) in [4.78, 5) is 8.31.